The largest absolute Gasteiger partial charge is 0.335 e. The summed E-state index contributed by atoms with van der Waals surface area (Å²) < 4.78 is 0. The third-order valence-electron chi connectivity index (χ3n) is 4.41. The molecule has 2 aromatic rings. The van der Waals surface area contributed by atoms with Gasteiger partial charge in [-0.2, -0.15) is 0 Å². The van der Waals surface area contributed by atoms with E-state index in [0.29, 0.717) is 11.6 Å². The summed E-state index contributed by atoms with van der Waals surface area (Å²) in [5, 5.41) is 2.19. The van der Waals surface area contributed by atoms with Gasteiger partial charge in [-0.3, -0.25) is 14.7 Å². The van der Waals surface area contributed by atoms with Crippen LogP contribution in [-0.2, 0) is 13.0 Å². The Morgan fingerprint density at radius 2 is 2.24 bits per heavy atom. The van der Waals surface area contributed by atoms with Crippen molar-refractivity contribution in [2.75, 3.05) is 19.6 Å². The molecular weight excluding hydrogens is 282 g/mol. The molecule has 0 aliphatic carbocycles. The molecule has 1 fully saturated rings. The number of likely N-dealkylation sites (tertiary alicyclic amines) is 1. The van der Waals surface area contributed by atoms with Crippen molar-refractivity contribution >= 4 is 17.2 Å². The van der Waals surface area contributed by atoms with Crippen LogP contribution in [0.3, 0.4) is 0 Å². The highest BCUT2D eigenvalue weighted by atomic mass is 32.1. The number of fused-ring (bicyclic) bond motifs is 1. The van der Waals surface area contributed by atoms with Crippen molar-refractivity contribution in [1.29, 1.82) is 0 Å². The summed E-state index contributed by atoms with van der Waals surface area (Å²) in [4.78, 5) is 22.3. The molecule has 4 nitrogen and oxygen atoms in total. The molecule has 0 aromatic carbocycles. The number of amides is 1. The minimum atomic E-state index is 0.104. The van der Waals surface area contributed by atoms with E-state index in [0.717, 1.165) is 32.6 Å². The van der Waals surface area contributed by atoms with Crippen LogP contribution in [0.4, 0.5) is 0 Å². The lowest BCUT2D eigenvalue weighted by Gasteiger charge is -2.46. The maximum absolute atomic E-state index is 12.3. The van der Waals surface area contributed by atoms with E-state index in [1.807, 2.05) is 28.4 Å². The van der Waals surface area contributed by atoms with Crippen molar-refractivity contribution in [3.05, 3.63) is 52.0 Å². The molecule has 2 aliphatic heterocycles. The van der Waals surface area contributed by atoms with Crippen LogP contribution in [0.25, 0.3) is 0 Å². The maximum Gasteiger partial charge on any atom is 0.255 e. The van der Waals surface area contributed by atoms with Gasteiger partial charge in [0.1, 0.15) is 0 Å². The van der Waals surface area contributed by atoms with Gasteiger partial charge in [-0.05, 0) is 35.6 Å². The lowest BCUT2D eigenvalue weighted by Crippen LogP contribution is -2.61. The van der Waals surface area contributed by atoms with Crippen LogP contribution in [0.1, 0.15) is 20.8 Å². The first-order chi connectivity index (χ1) is 10.3. The van der Waals surface area contributed by atoms with Crippen molar-refractivity contribution in [2.45, 2.75) is 19.0 Å². The van der Waals surface area contributed by atoms with Crippen molar-refractivity contribution in [3.8, 4) is 0 Å². The van der Waals surface area contributed by atoms with E-state index in [1.54, 1.807) is 12.4 Å². The molecular formula is C16H17N3OS. The average molecular weight is 299 g/mol. The Morgan fingerprint density at radius 3 is 3.05 bits per heavy atom. The number of hydrogen-bond donors (Lipinski definition) is 0. The molecule has 1 amide bonds. The Bertz CT molecular complexity index is 649. The minimum absolute atomic E-state index is 0.104. The number of nitrogens with zero attached hydrogens (tertiary/aromatic N) is 3. The van der Waals surface area contributed by atoms with Gasteiger partial charge in [0.25, 0.3) is 5.91 Å². The van der Waals surface area contributed by atoms with Crippen molar-refractivity contribution in [1.82, 2.24) is 14.8 Å². The molecule has 0 atom stereocenters. The monoisotopic (exact) mass is 299 g/mol. The van der Waals surface area contributed by atoms with Gasteiger partial charge in [-0.1, -0.05) is 0 Å². The second-order valence-electron chi connectivity index (χ2n) is 5.70. The molecule has 0 radical (unpaired) electrons. The molecule has 2 aliphatic rings. The van der Waals surface area contributed by atoms with Gasteiger partial charge < -0.3 is 4.90 Å². The van der Waals surface area contributed by atoms with E-state index in [4.69, 9.17) is 0 Å². The fraction of sp³-hybridized carbons (Fsp3) is 0.375. The van der Waals surface area contributed by atoms with E-state index in [9.17, 15) is 4.79 Å². The third kappa shape index (κ3) is 2.36. The highest BCUT2D eigenvalue weighted by molar-refractivity contribution is 7.10. The van der Waals surface area contributed by atoms with E-state index in [2.05, 4.69) is 21.3 Å². The predicted octanol–water partition coefficient (Wildman–Crippen LogP) is 2.03. The Morgan fingerprint density at radius 1 is 1.33 bits per heavy atom. The van der Waals surface area contributed by atoms with Crippen molar-refractivity contribution < 1.29 is 4.79 Å². The predicted molar refractivity (Wildman–Crippen MR) is 82.4 cm³/mol. The van der Waals surface area contributed by atoms with Gasteiger partial charge in [0.05, 0.1) is 5.56 Å². The van der Waals surface area contributed by atoms with Gasteiger partial charge in [0, 0.05) is 49.5 Å². The standard InChI is InChI=1S/C16H17N3OS/c20-16(12-2-1-5-17-8-12)19-10-14(11-19)18-6-3-15-13(9-18)4-7-21-15/h1-2,4-5,7-8,14H,3,6,9-11H2. The van der Waals surface area contributed by atoms with Crippen LogP contribution in [0.5, 0.6) is 0 Å². The summed E-state index contributed by atoms with van der Waals surface area (Å²) in [5.41, 5.74) is 2.16. The second kappa shape index (κ2) is 5.24. The Balaban J connectivity index is 1.37. The first-order valence-electron chi connectivity index (χ1n) is 7.30. The summed E-state index contributed by atoms with van der Waals surface area (Å²) in [7, 11) is 0. The molecule has 0 bridgehead atoms. The maximum atomic E-state index is 12.3. The fourth-order valence-corrected chi connectivity index (χ4v) is 4.00. The number of thiophene rings is 1. The van der Waals surface area contributed by atoms with Crippen LogP contribution in [0.2, 0.25) is 0 Å². The van der Waals surface area contributed by atoms with Crippen molar-refractivity contribution in [2.24, 2.45) is 0 Å². The Kier molecular flexibility index (Phi) is 3.24. The normalized spacial score (nSPS) is 19.1. The molecule has 4 rings (SSSR count). The van der Waals surface area contributed by atoms with E-state index in [-0.39, 0.29) is 5.91 Å². The Hall–Kier alpha value is -1.72. The van der Waals surface area contributed by atoms with E-state index < -0.39 is 0 Å². The highest BCUT2D eigenvalue weighted by Gasteiger charge is 2.36. The molecule has 2 aromatic heterocycles. The van der Waals surface area contributed by atoms with Gasteiger partial charge in [0.15, 0.2) is 0 Å². The number of pyridine rings is 1. The molecule has 4 heterocycles. The number of carbonyl (C=O) groups excluding carboxylic acids is 1. The van der Waals surface area contributed by atoms with Gasteiger partial charge in [0.2, 0.25) is 0 Å². The molecule has 0 saturated carbocycles. The average Bonchev–Trinajstić information content (AvgIpc) is 2.94. The van der Waals surface area contributed by atoms with Crippen LogP contribution in [-0.4, -0.2) is 46.4 Å². The van der Waals surface area contributed by atoms with Crippen LogP contribution >= 0.6 is 11.3 Å². The second-order valence-corrected chi connectivity index (χ2v) is 6.70. The minimum Gasteiger partial charge on any atom is -0.335 e. The molecule has 1 saturated heterocycles. The van der Waals surface area contributed by atoms with Crippen LogP contribution in [0.15, 0.2) is 36.0 Å². The number of rotatable bonds is 2. The molecule has 0 spiro atoms. The molecule has 5 heteroatoms. The molecule has 108 valence electrons. The summed E-state index contributed by atoms with van der Waals surface area (Å²) in [6.45, 7) is 3.84. The van der Waals surface area contributed by atoms with Crippen LogP contribution < -0.4 is 0 Å². The number of aromatic nitrogens is 1. The third-order valence-corrected chi connectivity index (χ3v) is 5.43. The SMILES string of the molecule is O=C(c1cccnc1)N1CC(N2CCc3sccc3C2)C1. The quantitative estimate of drug-likeness (QED) is 0.851. The topological polar surface area (TPSA) is 36.4 Å². The van der Waals surface area contributed by atoms with Gasteiger partial charge in [-0.15, -0.1) is 11.3 Å². The Labute approximate surface area is 128 Å². The zero-order valence-electron chi connectivity index (χ0n) is 11.7. The van der Waals surface area contributed by atoms with Crippen molar-refractivity contribution in [3.63, 3.8) is 0 Å². The lowest BCUT2D eigenvalue weighted by atomic mass is 10.0. The molecule has 21 heavy (non-hydrogen) atoms. The summed E-state index contributed by atoms with van der Waals surface area (Å²) in [6, 6.07) is 6.40. The van der Waals surface area contributed by atoms with Crippen LogP contribution in [0, 0.1) is 0 Å². The van der Waals surface area contributed by atoms with Gasteiger partial charge in [-0.25, -0.2) is 0 Å². The molecule has 0 unspecified atom stereocenters. The fourth-order valence-electron chi connectivity index (χ4n) is 3.11. The highest BCUT2D eigenvalue weighted by Crippen LogP contribution is 2.28. The lowest BCUT2D eigenvalue weighted by molar-refractivity contribution is 0.0220. The van der Waals surface area contributed by atoms with Gasteiger partial charge >= 0.3 is 0 Å². The van der Waals surface area contributed by atoms with E-state index >= 15 is 0 Å². The zero-order chi connectivity index (χ0) is 14.2. The first kappa shape index (κ1) is 13.0. The van der Waals surface area contributed by atoms with E-state index in [1.165, 1.54) is 10.4 Å². The zero-order valence-corrected chi connectivity index (χ0v) is 12.6. The smallest absolute Gasteiger partial charge is 0.255 e. The summed E-state index contributed by atoms with van der Waals surface area (Å²) in [5.74, 6) is 0.104. The summed E-state index contributed by atoms with van der Waals surface area (Å²) in [6.07, 6.45) is 4.50. The molecule has 0 N–H and O–H groups in total. The number of hydrogen-bond acceptors (Lipinski definition) is 4. The summed E-state index contributed by atoms with van der Waals surface area (Å²) >= 11 is 1.87. The number of carbonyl (C=O) groups is 1. The first-order valence-corrected chi connectivity index (χ1v) is 8.18.